The van der Waals surface area contributed by atoms with Gasteiger partial charge in [-0.3, -0.25) is 0 Å². The highest BCUT2D eigenvalue weighted by atomic mass is 32.1. The Morgan fingerprint density at radius 3 is 3.06 bits per heavy atom. The minimum atomic E-state index is -0.553. The highest BCUT2D eigenvalue weighted by Gasteiger charge is 2.20. The van der Waals surface area contributed by atoms with Gasteiger partial charge in [0, 0.05) is 13.1 Å². The second kappa shape index (κ2) is 5.33. The zero-order chi connectivity index (χ0) is 12.3. The second-order valence-corrected chi connectivity index (χ2v) is 4.36. The van der Waals surface area contributed by atoms with Crippen LogP contribution in [0.15, 0.2) is 24.3 Å². The molecule has 1 unspecified atom stereocenters. The molecule has 0 saturated carbocycles. The van der Waals surface area contributed by atoms with E-state index < -0.39 is 6.10 Å². The van der Waals surface area contributed by atoms with Crippen molar-refractivity contribution in [1.82, 2.24) is 10.2 Å². The topological polar surface area (TPSA) is 44.7 Å². The first kappa shape index (κ1) is 12.1. The van der Waals surface area contributed by atoms with Gasteiger partial charge in [-0.25, -0.2) is 0 Å². The summed E-state index contributed by atoms with van der Waals surface area (Å²) in [7, 11) is 1.62. The summed E-state index contributed by atoms with van der Waals surface area (Å²) in [6, 6.07) is 7.47. The van der Waals surface area contributed by atoms with Gasteiger partial charge in [0.15, 0.2) is 5.11 Å². The van der Waals surface area contributed by atoms with Crippen LogP contribution in [0.3, 0.4) is 0 Å². The highest BCUT2D eigenvalue weighted by Crippen LogP contribution is 2.20. The van der Waals surface area contributed by atoms with Crippen LogP contribution in [-0.2, 0) is 0 Å². The molecule has 1 aromatic carbocycles. The first-order valence-corrected chi connectivity index (χ1v) is 5.96. The van der Waals surface area contributed by atoms with Crippen LogP contribution in [0.5, 0.6) is 5.75 Å². The minimum Gasteiger partial charge on any atom is -0.497 e. The molecule has 1 heterocycles. The molecule has 0 amide bonds. The number of methoxy groups -OCH3 is 1. The highest BCUT2D eigenvalue weighted by molar-refractivity contribution is 7.80. The predicted octanol–water partition coefficient (Wildman–Crippen LogP) is 0.919. The summed E-state index contributed by atoms with van der Waals surface area (Å²) in [6.07, 6.45) is -0.553. The van der Waals surface area contributed by atoms with Crippen molar-refractivity contribution >= 4 is 17.3 Å². The summed E-state index contributed by atoms with van der Waals surface area (Å²) in [5.74, 6) is 0.753. The molecule has 1 aliphatic rings. The van der Waals surface area contributed by atoms with Crippen molar-refractivity contribution < 1.29 is 9.84 Å². The number of hydrogen-bond donors (Lipinski definition) is 2. The number of aliphatic hydroxyl groups is 1. The average Bonchev–Trinajstić information content (AvgIpc) is 2.75. The van der Waals surface area contributed by atoms with Gasteiger partial charge in [0.05, 0.1) is 19.8 Å². The van der Waals surface area contributed by atoms with E-state index >= 15 is 0 Å². The number of nitrogens with one attached hydrogen (secondary N) is 1. The van der Waals surface area contributed by atoms with Crippen molar-refractivity contribution in [2.24, 2.45) is 0 Å². The van der Waals surface area contributed by atoms with Crippen molar-refractivity contribution in [2.75, 3.05) is 26.7 Å². The third-order valence-electron chi connectivity index (χ3n) is 2.82. The van der Waals surface area contributed by atoms with Crippen LogP contribution >= 0.6 is 12.2 Å². The molecule has 5 heteroatoms. The first-order chi connectivity index (χ1) is 8.20. The van der Waals surface area contributed by atoms with Crippen LogP contribution in [-0.4, -0.2) is 41.9 Å². The van der Waals surface area contributed by atoms with E-state index in [0.717, 1.165) is 24.4 Å². The third-order valence-corrected chi connectivity index (χ3v) is 3.22. The van der Waals surface area contributed by atoms with Gasteiger partial charge in [-0.15, -0.1) is 0 Å². The fourth-order valence-electron chi connectivity index (χ4n) is 1.85. The molecule has 0 aliphatic carbocycles. The van der Waals surface area contributed by atoms with E-state index in [9.17, 15) is 5.11 Å². The van der Waals surface area contributed by atoms with E-state index in [1.54, 1.807) is 7.11 Å². The van der Waals surface area contributed by atoms with Crippen LogP contribution in [0.2, 0.25) is 0 Å². The number of hydrogen-bond acceptors (Lipinski definition) is 3. The van der Waals surface area contributed by atoms with E-state index in [1.165, 1.54) is 0 Å². The fourth-order valence-corrected chi connectivity index (χ4v) is 2.12. The molecular formula is C12H16N2O2S. The number of thiocarbonyl (C=S) groups is 1. The van der Waals surface area contributed by atoms with Crippen molar-refractivity contribution in [1.29, 1.82) is 0 Å². The maximum atomic E-state index is 10.1. The van der Waals surface area contributed by atoms with Crippen molar-refractivity contribution in [3.8, 4) is 5.75 Å². The molecule has 0 bridgehead atoms. The molecule has 17 heavy (non-hydrogen) atoms. The minimum absolute atomic E-state index is 0.513. The standard InChI is InChI=1S/C12H16N2O2S/c1-16-10-4-2-3-9(7-10)11(15)8-14-6-5-13-12(14)17/h2-4,7,11,15H,5-6,8H2,1H3,(H,13,17). The second-order valence-electron chi connectivity index (χ2n) is 3.97. The zero-order valence-electron chi connectivity index (χ0n) is 9.72. The number of benzene rings is 1. The van der Waals surface area contributed by atoms with E-state index in [-0.39, 0.29) is 0 Å². The van der Waals surface area contributed by atoms with Gasteiger partial charge < -0.3 is 20.1 Å². The molecule has 1 aromatic rings. The molecule has 1 fully saturated rings. The molecule has 2 rings (SSSR count). The van der Waals surface area contributed by atoms with Crippen LogP contribution in [0.4, 0.5) is 0 Å². The molecule has 0 spiro atoms. The average molecular weight is 252 g/mol. The maximum absolute atomic E-state index is 10.1. The maximum Gasteiger partial charge on any atom is 0.169 e. The Hall–Kier alpha value is -1.33. The fraction of sp³-hybridized carbons (Fsp3) is 0.417. The normalized spacial score (nSPS) is 16.8. The molecule has 92 valence electrons. The summed E-state index contributed by atoms with van der Waals surface area (Å²) in [5, 5.41) is 13.9. The van der Waals surface area contributed by atoms with Gasteiger partial charge in [-0.1, -0.05) is 12.1 Å². The largest absolute Gasteiger partial charge is 0.497 e. The summed E-state index contributed by atoms with van der Waals surface area (Å²) >= 11 is 5.14. The SMILES string of the molecule is COc1cccc(C(O)CN2CCNC2=S)c1. The van der Waals surface area contributed by atoms with Gasteiger partial charge in [-0.2, -0.15) is 0 Å². The number of rotatable bonds is 4. The van der Waals surface area contributed by atoms with E-state index in [4.69, 9.17) is 17.0 Å². The Balaban J connectivity index is 2.03. The number of aliphatic hydroxyl groups excluding tert-OH is 1. The molecule has 1 aliphatic heterocycles. The Morgan fingerprint density at radius 2 is 2.41 bits per heavy atom. The lowest BCUT2D eigenvalue weighted by molar-refractivity contribution is 0.148. The first-order valence-electron chi connectivity index (χ1n) is 5.55. The molecule has 1 saturated heterocycles. The van der Waals surface area contributed by atoms with Crippen LogP contribution in [0, 0.1) is 0 Å². The Bertz CT molecular complexity index is 411. The smallest absolute Gasteiger partial charge is 0.169 e. The molecule has 4 nitrogen and oxygen atoms in total. The van der Waals surface area contributed by atoms with Crippen molar-refractivity contribution in [3.63, 3.8) is 0 Å². The lowest BCUT2D eigenvalue weighted by Gasteiger charge is -2.21. The summed E-state index contributed by atoms with van der Waals surface area (Å²) in [6.45, 7) is 2.21. The van der Waals surface area contributed by atoms with Gasteiger partial charge in [0.25, 0.3) is 0 Å². The summed E-state index contributed by atoms with van der Waals surface area (Å²) < 4.78 is 5.13. The van der Waals surface area contributed by atoms with Crippen molar-refractivity contribution in [2.45, 2.75) is 6.10 Å². The number of nitrogens with zero attached hydrogens (tertiary/aromatic N) is 1. The zero-order valence-corrected chi connectivity index (χ0v) is 10.5. The lowest BCUT2D eigenvalue weighted by Crippen LogP contribution is -2.31. The van der Waals surface area contributed by atoms with Gasteiger partial charge in [-0.05, 0) is 29.9 Å². The van der Waals surface area contributed by atoms with E-state index in [0.29, 0.717) is 11.7 Å². The Labute approximate surface area is 106 Å². The third kappa shape index (κ3) is 2.87. The van der Waals surface area contributed by atoms with Gasteiger partial charge in [0.1, 0.15) is 5.75 Å². The quantitative estimate of drug-likeness (QED) is 0.780. The van der Waals surface area contributed by atoms with E-state index in [1.807, 2.05) is 29.2 Å². The van der Waals surface area contributed by atoms with Crippen LogP contribution in [0.1, 0.15) is 11.7 Å². The predicted molar refractivity (Wildman–Crippen MR) is 70.1 cm³/mol. The molecule has 2 N–H and O–H groups in total. The lowest BCUT2D eigenvalue weighted by atomic mass is 10.1. The van der Waals surface area contributed by atoms with Gasteiger partial charge in [0.2, 0.25) is 0 Å². The van der Waals surface area contributed by atoms with Crippen molar-refractivity contribution in [3.05, 3.63) is 29.8 Å². The molecular weight excluding hydrogens is 236 g/mol. The van der Waals surface area contributed by atoms with E-state index in [2.05, 4.69) is 5.32 Å². The number of ether oxygens (including phenoxy) is 1. The number of β-amino-alcohol motifs (C(OH)–C–C–N with tert-alkyl or cyclic N) is 1. The summed E-state index contributed by atoms with van der Waals surface area (Å²) in [4.78, 5) is 1.97. The van der Waals surface area contributed by atoms with Crippen LogP contribution < -0.4 is 10.1 Å². The molecule has 0 radical (unpaired) electrons. The Kier molecular flexibility index (Phi) is 3.81. The molecule has 0 aromatic heterocycles. The Morgan fingerprint density at radius 1 is 1.59 bits per heavy atom. The van der Waals surface area contributed by atoms with Crippen LogP contribution in [0.25, 0.3) is 0 Å². The summed E-state index contributed by atoms with van der Waals surface area (Å²) in [5.41, 5.74) is 0.846. The van der Waals surface area contributed by atoms with Gasteiger partial charge >= 0.3 is 0 Å². The molecule has 1 atom stereocenters. The monoisotopic (exact) mass is 252 g/mol.